The summed E-state index contributed by atoms with van der Waals surface area (Å²) in [5, 5.41) is 6.52. The molecule has 152 valence electrons. The maximum absolute atomic E-state index is 13.3. The first-order chi connectivity index (χ1) is 13.8. The Labute approximate surface area is 176 Å². The van der Waals surface area contributed by atoms with E-state index in [4.69, 9.17) is 4.74 Å². The van der Waals surface area contributed by atoms with Crippen LogP contribution in [0, 0.1) is 0 Å². The molecule has 0 spiro atoms. The number of hydrogen-bond donors (Lipinski definition) is 0. The van der Waals surface area contributed by atoms with Gasteiger partial charge in [-0.2, -0.15) is 18.3 Å². The largest absolute Gasteiger partial charge is 0.496 e. The van der Waals surface area contributed by atoms with Crippen LogP contribution >= 0.6 is 27.3 Å². The number of rotatable bonds is 5. The van der Waals surface area contributed by atoms with Gasteiger partial charge in [0.1, 0.15) is 16.3 Å². The maximum Gasteiger partial charge on any atom is 0.421 e. The van der Waals surface area contributed by atoms with Gasteiger partial charge < -0.3 is 4.74 Å². The highest BCUT2D eigenvalue weighted by molar-refractivity contribution is 9.10. The lowest BCUT2D eigenvalue weighted by Gasteiger charge is -2.11. The zero-order valence-electron chi connectivity index (χ0n) is 15.2. The third-order valence-corrected chi connectivity index (χ3v) is 5.97. The van der Waals surface area contributed by atoms with E-state index >= 15 is 0 Å². The molecule has 29 heavy (non-hydrogen) atoms. The lowest BCUT2D eigenvalue weighted by Crippen LogP contribution is -2.31. The Morgan fingerprint density at radius 1 is 1.31 bits per heavy atom. The molecule has 2 heterocycles. The molecule has 0 amide bonds. The van der Waals surface area contributed by atoms with Crippen LogP contribution in [-0.4, -0.2) is 21.9 Å². The second kappa shape index (κ2) is 7.56. The van der Waals surface area contributed by atoms with Crippen molar-refractivity contribution in [3.63, 3.8) is 0 Å². The van der Waals surface area contributed by atoms with E-state index in [2.05, 4.69) is 26.0 Å². The average Bonchev–Trinajstić information content (AvgIpc) is 3.41. The topological polar surface area (TPSA) is 57.0 Å². The molecule has 4 rings (SSSR count). The number of ether oxygens (including phenoxy) is 1. The first-order valence-corrected chi connectivity index (χ1v) is 10.4. The highest BCUT2D eigenvalue weighted by atomic mass is 79.9. The molecule has 0 aliphatic heterocycles. The molecule has 1 saturated carbocycles. The van der Waals surface area contributed by atoms with Crippen molar-refractivity contribution >= 4 is 27.3 Å². The van der Waals surface area contributed by atoms with E-state index in [9.17, 15) is 18.0 Å². The molecule has 0 bridgehead atoms. The van der Waals surface area contributed by atoms with Crippen molar-refractivity contribution in [3.05, 3.63) is 61.4 Å². The van der Waals surface area contributed by atoms with E-state index in [1.807, 2.05) is 12.1 Å². The van der Waals surface area contributed by atoms with Gasteiger partial charge in [0.15, 0.2) is 0 Å². The van der Waals surface area contributed by atoms with Gasteiger partial charge in [0.2, 0.25) is 0 Å². The third-order valence-electron chi connectivity index (χ3n) is 4.55. The number of methoxy groups -OCH3 is 1. The molecule has 1 aromatic carbocycles. The van der Waals surface area contributed by atoms with Gasteiger partial charge in [0.05, 0.1) is 30.6 Å². The summed E-state index contributed by atoms with van der Waals surface area (Å²) in [4.78, 5) is 16.9. The maximum atomic E-state index is 13.3. The van der Waals surface area contributed by atoms with Gasteiger partial charge in [-0.15, -0.1) is 11.3 Å². The minimum atomic E-state index is -4.72. The molecule has 1 fully saturated rings. The van der Waals surface area contributed by atoms with Crippen molar-refractivity contribution in [2.75, 3.05) is 7.11 Å². The molecule has 1 aliphatic carbocycles. The van der Waals surface area contributed by atoms with Crippen LogP contribution in [-0.2, 0) is 12.7 Å². The monoisotopic (exact) mass is 485 g/mol. The Morgan fingerprint density at radius 2 is 2.07 bits per heavy atom. The highest BCUT2D eigenvalue weighted by Crippen LogP contribution is 2.40. The summed E-state index contributed by atoms with van der Waals surface area (Å²) in [6.45, 7) is -0.130. The second-order valence-electron chi connectivity index (χ2n) is 6.71. The van der Waals surface area contributed by atoms with Crippen molar-refractivity contribution in [3.8, 4) is 16.3 Å². The second-order valence-corrected chi connectivity index (χ2v) is 8.48. The van der Waals surface area contributed by atoms with E-state index in [1.54, 1.807) is 18.6 Å². The normalized spacial score (nSPS) is 14.2. The summed E-state index contributed by atoms with van der Waals surface area (Å²) in [5.74, 6) is 0.611. The lowest BCUT2D eigenvalue weighted by atomic mass is 10.2. The lowest BCUT2D eigenvalue weighted by molar-refractivity contribution is -0.139. The van der Waals surface area contributed by atoms with Crippen molar-refractivity contribution < 1.29 is 17.9 Å². The van der Waals surface area contributed by atoms with Crippen LogP contribution in [0.15, 0.2) is 38.9 Å². The first-order valence-electron chi connectivity index (χ1n) is 8.74. The molecule has 2 aromatic heterocycles. The molecule has 3 aromatic rings. The minimum Gasteiger partial charge on any atom is -0.496 e. The van der Waals surface area contributed by atoms with E-state index in [1.165, 1.54) is 11.3 Å². The van der Waals surface area contributed by atoms with Gasteiger partial charge in [-0.1, -0.05) is 15.9 Å². The van der Waals surface area contributed by atoms with Crippen LogP contribution in [0.4, 0.5) is 13.2 Å². The number of halogens is 4. The van der Waals surface area contributed by atoms with Crippen LogP contribution in [0.5, 0.6) is 5.75 Å². The zero-order valence-corrected chi connectivity index (χ0v) is 17.6. The standard InChI is InChI=1S/C19H15BrF3N3O2S/c1-28-16-5-4-11(20)6-13(16)17-24-12(9-29-17)8-26-18(27)14(19(21,22)23)7-15(25-26)10-2-3-10/h4-7,9-10H,2-3,8H2,1H3. The summed E-state index contributed by atoms with van der Waals surface area (Å²) in [5.41, 5.74) is -0.820. The Balaban J connectivity index is 1.70. The van der Waals surface area contributed by atoms with Crippen LogP contribution in [0.3, 0.4) is 0 Å². The summed E-state index contributed by atoms with van der Waals surface area (Å²) in [6.07, 6.45) is -3.15. The fourth-order valence-corrected chi connectivity index (χ4v) is 4.15. The van der Waals surface area contributed by atoms with Gasteiger partial charge in [0, 0.05) is 15.8 Å². The van der Waals surface area contributed by atoms with Crippen molar-refractivity contribution in [1.29, 1.82) is 0 Å². The van der Waals surface area contributed by atoms with Crippen LogP contribution in [0.1, 0.15) is 35.7 Å². The molecule has 0 unspecified atom stereocenters. The smallest absolute Gasteiger partial charge is 0.421 e. The van der Waals surface area contributed by atoms with E-state index in [0.717, 1.165) is 33.6 Å². The minimum absolute atomic E-state index is 0.0140. The zero-order chi connectivity index (χ0) is 20.8. The molecular formula is C19H15BrF3N3O2S. The van der Waals surface area contributed by atoms with Crippen molar-refractivity contribution in [2.24, 2.45) is 0 Å². The van der Waals surface area contributed by atoms with E-state index < -0.39 is 17.3 Å². The summed E-state index contributed by atoms with van der Waals surface area (Å²) < 4.78 is 47.0. The van der Waals surface area contributed by atoms with E-state index in [-0.39, 0.29) is 12.5 Å². The fourth-order valence-electron chi connectivity index (χ4n) is 2.96. The number of nitrogens with zero attached hydrogens (tertiary/aromatic N) is 3. The Bertz CT molecular complexity index is 1120. The van der Waals surface area contributed by atoms with Crippen LogP contribution < -0.4 is 10.3 Å². The Kier molecular flexibility index (Phi) is 5.24. The summed E-state index contributed by atoms with van der Waals surface area (Å²) in [7, 11) is 1.55. The predicted octanol–water partition coefficient (Wildman–Crippen LogP) is 5.08. The van der Waals surface area contributed by atoms with Gasteiger partial charge in [-0.3, -0.25) is 4.79 Å². The molecule has 0 radical (unpaired) electrons. The molecule has 10 heteroatoms. The van der Waals surface area contributed by atoms with Gasteiger partial charge in [-0.05, 0) is 37.1 Å². The number of aromatic nitrogens is 3. The van der Waals surface area contributed by atoms with Crippen LogP contribution in [0.2, 0.25) is 0 Å². The number of benzene rings is 1. The number of alkyl halides is 3. The number of hydrogen-bond acceptors (Lipinski definition) is 5. The Hall–Kier alpha value is -2.20. The molecule has 0 saturated heterocycles. The summed E-state index contributed by atoms with van der Waals surface area (Å²) >= 11 is 4.73. The average molecular weight is 486 g/mol. The predicted molar refractivity (Wildman–Crippen MR) is 106 cm³/mol. The fraction of sp³-hybridized carbons (Fsp3) is 0.316. The molecule has 1 aliphatic rings. The van der Waals surface area contributed by atoms with Gasteiger partial charge in [0.25, 0.3) is 5.56 Å². The van der Waals surface area contributed by atoms with Gasteiger partial charge >= 0.3 is 6.18 Å². The van der Waals surface area contributed by atoms with E-state index in [0.29, 0.717) is 22.1 Å². The molecule has 0 atom stereocenters. The third kappa shape index (κ3) is 4.23. The summed E-state index contributed by atoms with van der Waals surface area (Å²) in [6, 6.07) is 6.36. The quantitative estimate of drug-likeness (QED) is 0.505. The van der Waals surface area contributed by atoms with Crippen molar-refractivity contribution in [2.45, 2.75) is 31.5 Å². The molecule has 0 N–H and O–H groups in total. The van der Waals surface area contributed by atoms with Crippen molar-refractivity contribution in [1.82, 2.24) is 14.8 Å². The highest BCUT2D eigenvalue weighted by Gasteiger charge is 2.37. The molecule has 5 nitrogen and oxygen atoms in total. The molecular weight excluding hydrogens is 471 g/mol. The SMILES string of the molecule is COc1ccc(Br)cc1-c1nc(Cn2nc(C3CC3)cc(C(F)(F)F)c2=O)cs1. The Morgan fingerprint density at radius 3 is 2.72 bits per heavy atom. The number of thiazole rings is 1. The van der Waals surface area contributed by atoms with Crippen LogP contribution in [0.25, 0.3) is 10.6 Å². The first kappa shape index (κ1) is 20.1. The van der Waals surface area contributed by atoms with Gasteiger partial charge in [-0.25, -0.2) is 9.67 Å².